The van der Waals surface area contributed by atoms with E-state index >= 15 is 0 Å². The Kier molecular flexibility index (Phi) is 5.48. The van der Waals surface area contributed by atoms with Crippen LogP contribution in [0.5, 0.6) is 11.5 Å². The van der Waals surface area contributed by atoms with E-state index in [1.807, 2.05) is 6.07 Å². The standard InChI is InChI=1S/C22H15F3N2O4/c23-22(24,25)16-8-6-15(7-9-16)21(28)31-27-20(14-4-2-1-3-5-14)26-17-10-11-18-19(12-17)30-13-29-18/h1-12H,13H2,(H,26,27). The average molecular weight is 428 g/mol. The molecule has 31 heavy (non-hydrogen) atoms. The van der Waals surface area contributed by atoms with Crippen LogP contribution in [0.1, 0.15) is 21.5 Å². The first-order valence-corrected chi connectivity index (χ1v) is 9.08. The number of nitrogens with zero attached hydrogens (tertiary/aromatic N) is 1. The van der Waals surface area contributed by atoms with E-state index in [0.29, 0.717) is 22.7 Å². The molecule has 3 aromatic rings. The summed E-state index contributed by atoms with van der Waals surface area (Å²) in [6.45, 7) is 0.122. The highest BCUT2D eigenvalue weighted by Gasteiger charge is 2.30. The summed E-state index contributed by atoms with van der Waals surface area (Å²) in [5, 5.41) is 0. The van der Waals surface area contributed by atoms with Crippen LogP contribution in [-0.2, 0) is 11.0 Å². The van der Waals surface area contributed by atoms with E-state index < -0.39 is 17.7 Å². The van der Waals surface area contributed by atoms with Crippen LogP contribution in [-0.4, -0.2) is 18.6 Å². The van der Waals surface area contributed by atoms with Crippen molar-refractivity contribution in [3.8, 4) is 11.5 Å². The Hall–Kier alpha value is -4.01. The zero-order chi connectivity index (χ0) is 21.8. The number of aliphatic imine (C=N–C) groups is 1. The second-order valence-corrected chi connectivity index (χ2v) is 6.43. The molecule has 0 aromatic heterocycles. The van der Waals surface area contributed by atoms with Crippen molar-refractivity contribution in [2.75, 3.05) is 6.79 Å². The molecule has 3 aromatic carbocycles. The second kappa shape index (κ2) is 8.39. The maximum absolute atomic E-state index is 12.7. The monoisotopic (exact) mass is 428 g/mol. The number of benzene rings is 3. The van der Waals surface area contributed by atoms with E-state index in [1.165, 1.54) is 0 Å². The number of amidine groups is 1. The molecule has 0 spiro atoms. The maximum Gasteiger partial charge on any atom is 0.416 e. The zero-order valence-electron chi connectivity index (χ0n) is 15.8. The molecule has 0 saturated carbocycles. The van der Waals surface area contributed by atoms with Gasteiger partial charge in [0.1, 0.15) is 0 Å². The Morgan fingerprint density at radius 1 is 0.903 bits per heavy atom. The topological polar surface area (TPSA) is 69.2 Å². The Balaban J connectivity index is 1.54. The molecule has 1 aliphatic rings. The molecular formula is C22H15F3N2O4. The van der Waals surface area contributed by atoms with Crippen molar-refractivity contribution in [1.29, 1.82) is 0 Å². The lowest BCUT2D eigenvalue weighted by molar-refractivity contribution is -0.137. The average Bonchev–Trinajstić information content (AvgIpc) is 3.24. The Morgan fingerprint density at radius 2 is 1.61 bits per heavy atom. The number of carbonyl (C=O) groups is 1. The number of hydroxylamine groups is 1. The summed E-state index contributed by atoms with van der Waals surface area (Å²) < 4.78 is 48.7. The number of hydrogen-bond acceptors (Lipinski definition) is 5. The number of ether oxygens (including phenoxy) is 2. The normalized spacial score (nSPS) is 13.1. The van der Waals surface area contributed by atoms with Crippen LogP contribution in [0.15, 0.2) is 77.8 Å². The molecule has 4 rings (SSSR count). The smallest absolute Gasteiger partial charge is 0.416 e. The lowest BCUT2D eigenvalue weighted by Gasteiger charge is -2.11. The van der Waals surface area contributed by atoms with Crippen molar-refractivity contribution >= 4 is 17.5 Å². The van der Waals surface area contributed by atoms with Gasteiger partial charge in [-0.2, -0.15) is 18.7 Å². The fourth-order valence-corrected chi connectivity index (χ4v) is 2.78. The molecule has 158 valence electrons. The van der Waals surface area contributed by atoms with Gasteiger partial charge in [0.25, 0.3) is 0 Å². The first kappa shape index (κ1) is 20.3. The quantitative estimate of drug-likeness (QED) is 0.366. The second-order valence-electron chi connectivity index (χ2n) is 6.43. The number of halogens is 3. The highest BCUT2D eigenvalue weighted by molar-refractivity contribution is 6.01. The number of alkyl halides is 3. The van der Waals surface area contributed by atoms with Crippen LogP contribution in [0.25, 0.3) is 0 Å². The SMILES string of the molecule is O=C(ONC(=Nc1ccc2c(c1)OCO2)c1ccccc1)c1ccc(C(F)(F)F)cc1. The molecule has 1 aliphatic heterocycles. The molecular weight excluding hydrogens is 413 g/mol. The summed E-state index contributed by atoms with van der Waals surface area (Å²) in [6, 6.07) is 17.7. The Labute approximate surface area is 174 Å². The minimum absolute atomic E-state index is 0.0454. The van der Waals surface area contributed by atoms with E-state index in [2.05, 4.69) is 10.5 Å². The van der Waals surface area contributed by atoms with Crippen LogP contribution < -0.4 is 15.0 Å². The lowest BCUT2D eigenvalue weighted by Crippen LogP contribution is -2.28. The maximum atomic E-state index is 12.7. The van der Waals surface area contributed by atoms with Crippen LogP contribution in [0.3, 0.4) is 0 Å². The highest BCUT2D eigenvalue weighted by atomic mass is 19.4. The molecule has 0 fully saturated rings. The number of rotatable bonds is 3. The molecule has 6 nitrogen and oxygen atoms in total. The molecule has 0 radical (unpaired) electrons. The van der Waals surface area contributed by atoms with E-state index in [0.717, 1.165) is 24.3 Å². The van der Waals surface area contributed by atoms with Crippen molar-refractivity contribution in [3.05, 3.63) is 89.5 Å². The van der Waals surface area contributed by atoms with Crippen molar-refractivity contribution in [2.45, 2.75) is 6.18 Å². The van der Waals surface area contributed by atoms with Crippen LogP contribution in [0, 0.1) is 0 Å². The van der Waals surface area contributed by atoms with E-state index in [4.69, 9.17) is 14.3 Å². The molecule has 0 atom stereocenters. The number of hydrogen-bond donors (Lipinski definition) is 1. The van der Waals surface area contributed by atoms with Crippen molar-refractivity contribution < 1.29 is 32.3 Å². The predicted molar refractivity (Wildman–Crippen MR) is 105 cm³/mol. The third-order valence-corrected chi connectivity index (χ3v) is 4.33. The number of fused-ring (bicyclic) bond motifs is 1. The molecule has 0 amide bonds. The van der Waals surface area contributed by atoms with Gasteiger partial charge in [0.2, 0.25) is 6.79 Å². The summed E-state index contributed by atoms with van der Waals surface area (Å²) >= 11 is 0. The van der Waals surface area contributed by atoms with Crippen molar-refractivity contribution in [2.24, 2.45) is 4.99 Å². The van der Waals surface area contributed by atoms with Gasteiger partial charge in [-0.3, -0.25) is 0 Å². The van der Waals surface area contributed by atoms with Gasteiger partial charge >= 0.3 is 12.1 Å². The first-order valence-electron chi connectivity index (χ1n) is 9.08. The summed E-state index contributed by atoms with van der Waals surface area (Å²) in [7, 11) is 0. The van der Waals surface area contributed by atoms with Crippen LogP contribution in [0.2, 0.25) is 0 Å². The van der Waals surface area contributed by atoms with E-state index in [9.17, 15) is 18.0 Å². The summed E-state index contributed by atoms with van der Waals surface area (Å²) in [4.78, 5) is 21.8. The summed E-state index contributed by atoms with van der Waals surface area (Å²) in [5.74, 6) is 0.500. The van der Waals surface area contributed by atoms with E-state index in [-0.39, 0.29) is 18.2 Å². The fraction of sp³-hybridized carbons (Fsp3) is 0.0909. The molecule has 9 heteroatoms. The van der Waals surface area contributed by atoms with Crippen LogP contribution >= 0.6 is 0 Å². The lowest BCUT2D eigenvalue weighted by atomic mass is 10.1. The molecule has 0 aliphatic carbocycles. The predicted octanol–water partition coefficient (Wildman–Crippen LogP) is 4.87. The minimum Gasteiger partial charge on any atom is -0.454 e. The van der Waals surface area contributed by atoms with Crippen molar-refractivity contribution in [3.63, 3.8) is 0 Å². The number of carbonyl (C=O) groups excluding carboxylic acids is 1. The third kappa shape index (κ3) is 4.77. The van der Waals surface area contributed by atoms with Crippen LogP contribution in [0.4, 0.5) is 18.9 Å². The first-order chi connectivity index (χ1) is 14.9. The molecule has 0 bridgehead atoms. The molecule has 0 saturated heterocycles. The molecule has 1 heterocycles. The minimum atomic E-state index is -4.49. The fourth-order valence-electron chi connectivity index (χ4n) is 2.78. The van der Waals surface area contributed by atoms with Crippen molar-refractivity contribution in [1.82, 2.24) is 5.48 Å². The molecule has 1 N–H and O–H groups in total. The van der Waals surface area contributed by atoms with Gasteiger partial charge in [0.15, 0.2) is 17.3 Å². The molecule has 0 unspecified atom stereocenters. The third-order valence-electron chi connectivity index (χ3n) is 4.33. The summed E-state index contributed by atoms with van der Waals surface area (Å²) in [6.07, 6.45) is -4.49. The van der Waals surface area contributed by atoms with Gasteiger partial charge in [0.05, 0.1) is 16.8 Å². The van der Waals surface area contributed by atoms with Gasteiger partial charge < -0.3 is 14.3 Å². The Morgan fingerprint density at radius 3 is 2.32 bits per heavy atom. The Bertz CT molecular complexity index is 1110. The highest BCUT2D eigenvalue weighted by Crippen LogP contribution is 2.35. The van der Waals surface area contributed by atoms with Gasteiger partial charge in [-0.25, -0.2) is 9.79 Å². The van der Waals surface area contributed by atoms with Gasteiger partial charge in [-0.05, 0) is 36.4 Å². The van der Waals surface area contributed by atoms with Gasteiger partial charge in [-0.15, -0.1) is 0 Å². The largest absolute Gasteiger partial charge is 0.454 e. The number of nitrogens with one attached hydrogen (secondary N) is 1. The van der Waals surface area contributed by atoms with E-state index in [1.54, 1.807) is 42.5 Å². The zero-order valence-corrected chi connectivity index (χ0v) is 15.8. The van der Waals surface area contributed by atoms with Gasteiger partial charge in [0, 0.05) is 11.6 Å². The summed E-state index contributed by atoms with van der Waals surface area (Å²) in [5.41, 5.74) is 2.74. The van der Waals surface area contributed by atoms with Gasteiger partial charge in [-0.1, -0.05) is 30.3 Å².